The van der Waals surface area contributed by atoms with Crippen LogP contribution in [0.4, 0.5) is 9.52 Å². The number of amides is 2. The Hall–Kier alpha value is -3.11. The standard InChI is InChI=1S/C22H20FN5O2S2/c1-13-16-11-18(32-21(16)28(26-13)12-14-4-6-15(23)7-5-14)20(30)27-9-2-3-17(27)19(29)25-22-24-8-10-31-22/h4-8,10-11,17H,2-3,9,12H2,1H3,(H,24,25,29)/t17-/m0/s1. The lowest BCUT2D eigenvalue weighted by molar-refractivity contribution is -0.119. The quantitative estimate of drug-likeness (QED) is 0.473. The summed E-state index contributed by atoms with van der Waals surface area (Å²) in [5.41, 5.74) is 1.76. The molecule has 4 heterocycles. The monoisotopic (exact) mass is 469 g/mol. The number of hydrogen-bond acceptors (Lipinski definition) is 6. The first kappa shape index (κ1) is 20.8. The summed E-state index contributed by atoms with van der Waals surface area (Å²) >= 11 is 2.72. The third-order valence-corrected chi connectivity index (χ3v) is 7.37. The molecule has 1 N–H and O–H groups in total. The number of nitrogens with zero attached hydrogens (tertiary/aromatic N) is 4. The maximum atomic E-state index is 13.3. The highest BCUT2D eigenvalue weighted by molar-refractivity contribution is 7.20. The van der Waals surface area contributed by atoms with Crippen LogP contribution in [0, 0.1) is 12.7 Å². The van der Waals surface area contributed by atoms with Gasteiger partial charge in [0.05, 0.1) is 17.1 Å². The van der Waals surface area contributed by atoms with E-state index in [9.17, 15) is 14.0 Å². The van der Waals surface area contributed by atoms with Crippen LogP contribution in [-0.2, 0) is 11.3 Å². The van der Waals surface area contributed by atoms with Gasteiger partial charge in [0.25, 0.3) is 5.91 Å². The van der Waals surface area contributed by atoms with E-state index in [1.165, 1.54) is 34.8 Å². The van der Waals surface area contributed by atoms with Gasteiger partial charge >= 0.3 is 0 Å². The predicted octanol–water partition coefficient (Wildman–Crippen LogP) is 4.29. The van der Waals surface area contributed by atoms with Crippen molar-refractivity contribution in [2.24, 2.45) is 0 Å². The van der Waals surface area contributed by atoms with Crippen molar-refractivity contribution < 1.29 is 14.0 Å². The maximum absolute atomic E-state index is 13.3. The number of thiophene rings is 1. The van der Waals surface area contributed by atoms with Gasteiger partial charge < -0.3 is 10.2 Å². The smallest absolute Gasteiger partial charge is 0.264 e. The van der Waals surface area contributed by atoms with Crippen molar-refractivity contribution in [3.63, 3.8) is 0 Å². The number of benzene rings is 1. The molecular formula is C22H20FN5O2S2. The van der Waals surface area contributed by atoms with Gasteiger partial charge in [-0.3, -0.25) is 14.3 Å². The zero-order chi connectivity index (χ0) is 22.2. The number of aromatic nitrogens is 3. The molecule has 0 saturated carbocycles. The van der Waals surface area contributed by atoms with E-state index >= 15 is 0 Å². The number of likely N-dealkylation sites (tertiary alicyclic amines) is 1. The summed E-state index contributed by atoms with van der Waals surface area (Å²) < 4.78 is 15.1. The third-order valence-electron chi connectivity index (χ3n) is 5.54. The van der Waals surface area contributed by atoms with E-state index in [4.69, 9.17) is 0 Å². The number of carbonyl (C=O) groups excluding carboxylic acids is 2. The molecule has 0 spiro atoms. The van der Waals surface area contributed by atoms with Gasteiger partial charge in [0.1, 0.15) is 16.7 Å². The van der Waals surface area contributed by atoms with E-state index in [1.54, 1.807) is 28.6 Å². The number of anilines is 1. The van der Waals surface area contributed by atoms with Crippen molar-refractivity contribution in [1.82, 2.24) is 19.7 Å². The number of nitrogens with one attached hydrogen (secondary N) is 1. The molecule has 4 aromatic rings. The van der Waals surface area contributed by atoms with Gasteiger partial charge in [-0.1, -0.05) is 12.1 Å². The van der Waals surface area contributed by atoms with Crippen LogP contribution >= 0.6 is 22.7 Å². The Bertz CT molecular complexity index is 1280. The molecule has 3 aromatic heterocycles. The Morgan fingerprint density at radius 1 is 1.28 bits per heavy atom. The van der Waals surface area contributed by atoms with Crippen molar-refractivity contribution in [2.45, 2.75) is 32.4 Å². The summed E-state index contributed by atoms with van der Waals surface area (Å²) in [4.78, 5) is 33.3. The Balaban J connectivity index is 1.38. The lowest BCUT2D eigenvalue weighted by Gasteiger charge is -2.22. The van der Waals surface area contributed by atoms with Crippen LogP contribution in [0.15, 0.2) is 41.9 Å². The summed E-state index contributed by atoms with van der Waals surface area (Å²) in [7, 11) is 0. The first-order chi connectivity index (χ1) is 15.5. The van der Waals surface area contributed by atoms with Gasteiger partial charge in [0.2, 0.25) is 5.91 Å². The fourth-order valence-electron chi connectivity index (χ4n) is 3.99. The van der Waals surface area contributed by atoms with E-state index in [0.717, 1.165) is 27.9 Å². The number of fused-ring (bicyclic) bond motifs is 1. The summed E-state index contributed by atoms with van der Waals surface area (Å²) in [6, 6.07) is 7.67. The Morgan fingerprint density at radius 3 is 2.84 bits per heavy atom. The van der Waals surface area contributed by atoms with Gasteiger partial charge in [0.15, 0.2) is 5.13 Å². The Morgan fingerprint density at radius 2 is 2.09 bits per heavy atom. The SMILES string of the molecule is Cc1nn(Cc2ccc(F)cc2)c2sc(C(=O)N3CCC[C@H]3C(=O)Nc3nccs3)cc12. The van der Waals surface area contributed by atoms with Crippen molar-refractivity contribution in [2.75, 3.05) is 11.9 Å². The highest BCUT2D eigenvalue weighted by Crippen LogP contribution is 2.31. The molecule has 0 bridgehead atoms. The number of hydrogen-bond donors (Lipinski definition) is 1. The number of aryl methyl sites for hydroxylation is 1. The van der Waals surface area contributed by atoms with E-state index in [-0.39, 0.29) is 17.6 Å². The summed E-state index contributed by atoms with van der Waals surface area (Å²) in [5, 5.41) is 10.6. The molecule has 7 nitrogen and oxygen atoms in total. The second kappa shape index (κ2) is 8.44. The minimum atomic E-state index is -0.506. The molecule has 1 aliphatic heterocycles. The summed E-state index contributed by atoms with van der Waals surface area (Å²) in [5.74, 6) is -0.625. The second-order valence-corrected chi connectivity index (χ2v) is 9.61. The minimum Gasteiger partial charge on any atom is -0.326 e. The largest absolute Gasteiger partial charge is 0.326 e. The maximum Gasteiger partial charge on any atom is 0.264 e. The van der Waals surface area contributed by atoms with Crippen molar-refractivity contribution in [1.29, 1.82) is 0 Å². The lowest BCUT2D eigenvalue weighted by Crippen LogP contribution is -2.42. The Labute approximate surface area is 191 Å². The summed E-state index contributed by atoms with van der Waals surface area (Å²) in [6.07, 6.45) is 3.04. The first-order valence-corrected chi connectivity index (χ1v) is 11.9. The topological polar surface area (TPSA) is 80.1 Å². The molecule has 1 aliphatic rings. The van der Waals surface area contributed by atoms with Crippen molar-refractivity contribution in [3.8, 4) is 0 Å². The number of rotatable bonds is 5. The van der Waals surface area contributed by atoms with Gasteiger partial charge in [0, 0.05) is 23.5 Å². The van der Waals surface area contributed by atoms with E-state index < -0.39 is 6.04 Å². The van der Waals surface area contributed by atoms with Gasteiger partial charge in [-0.25, -0.2) is 9.37 Å². The second-order valence-electron chi connectivity index (χ2n) is 7.68. The zero-order valence-electron chi connectivity index (χ0n) is 17.2. The normalized spacial score (nSPS) is 16.1. The molecule has 32 heavy (non-hydrogen) atoms. The van der Waals surface area contributed by atoms with Crippen molar-refractivity contribution in [3.05, 3.63) is 63.9 Å². The molecule has 1 fully saturated rings. The Kier molecular flexibility index (Phi) is 5.48. The van der Waals surface area contributed by atoms with Crippen LogP contribution in [0.25, 0.3) is 10.2 Å². The molecule has 1 atom stereocenters. The molecule has 5 rings (SSSR count). The minimum absolute atomic E-state index is 0.143. The predicted molar refractivity (Wildman–Crippen MR) is 123 cm³/mol. The number of thiazole rings is 1. The van der Waals surface area contributed by atoms with Crippen LogP contribution in [0.2, 0.25) is 0 Å². The van der Waals surface area contributed by atoms with E-state index in [2.05, 4.69) is 15.4 Å². The highest BCUT2D eigenvalue weighted by atomic mass is 32.1. The molecule has 1 saturated heterocycles. The zero-order valence-corrected chi connectivity index (χ0v) is 18.9. The lowest BCUT2D eigenvalue weighted by atomic mass is 10.2. The fourth-order valence-corrected chi connectivity index (χ4v) is 5.63. The van der Waals surface area contributed by atoms with Crippen molar-refractivity contribution >= 4 is 49.8 Å². The molecule has 10 heteroatoms. The number of halogens is 1. The van der Waals surface area contributed by atoms with E-state index in [1.807, 2.05) is 17.7 Å². The highest BCUT2D eigenvalue weighted by Gasteiger charge is 2.35. The molecule has 0 unspecified atom stereocenters. The van der Waals surface area contributed by atoms with Crippen LogP contribution in [0.1, 0.15) is 33.8 Å². The van der Waals surface area contributed by atoms with Gasteiger partial charge in [-0.05, 0) is 43.5 Å². The van der Waals surface area contributed by atoms with E-state index in [0.29, 0.717) is 29.5 Å². The van der Waals surface area contributed by atoms with Crippen LogP contribution in [0.5, 0.6) is 0 Å². The summed E-state index contributed by atoms with van der Waals surface area (Å²) in [6.45, 7) is 2.94. The van der Waals surface area contributed by atoms with Gasteiger partial charge in [-0.15, -0.1) is 22.7 Å². The molecule has 1 aromatic carbocycles. The van der Waals surface area contributed by atoms with Crippen LogP contribution in [0.3, 0.4) is 0 Å². The van der Waals surface area contributed by atoms with Crippen LogP contribution < -0.4 is 5.32 Å². The average molecular weight is 470 g/mol. The molecule has 2 amide bonds. The molecule has 0 aliphatic carbocycles. The first-order valence-electron chi connectivity index (χ1n) is 10.2. The molecular weight excluding hydrogens is 449 g/mol. The van der Waals surface area contributed by atoms with Gasteiger partial charge in [-0.2, -0.15) is 5.10 Å². The molecule has 0 radical (unpaired) electrons. The molecule has 164 valence electrons. The fraction of sp³-hybridized carbons (Fsp3) is 0.273. The van der Waals surface area contributed by atoms with Crippen LogP contribution in [-0.4, -0.2) is 44.1 Å². The average Bonchev–Trinajstić information content (AvgIpc) is 3.56. The number of carbonyl (C=O) groups is 2. The third kappa shape index (κ3) is 3.91.